The Morgan fingerprint density at radius 2 is 1.48 bits per heavy atom. The number of Topliss-reactive ketones (excluding diaryl/α,β-unsaturated/α-hetero) is 1. The lowest BCUT2D eigenvalue weighted by Crippen LogP contribution is -2.29. The minimum Gasteiger partial charge on any atom is -0.506 e. The van der Waals surface area contributed by atoms with E-state index in [1.165, 1.54) is 0 Å². The summed E-state index contributed by atoms with van der Waals surface area (Å²) in [6.07, 6.45) is 13.1. The number of anilines is 2. The van der Waals surface area contributed by atoms with Crippen molar-refractivity contribution in [2.75, 3.05) is 36.4 Å². The number of allylic oxidation sites excluding steroid dienone is 6. The van der Waals surface area contributed by atoms with Crippen LogP contribution in [0.15, 0.2) is 64.0 Å². The third kappa shape index (κ3) is 6.17. The van der Waals surface area contributed by atoms with E-state index in [0.717, 1.165) is 88.9 Å². The molecule has 0 unspecified atom stereocenters. The van der Waals surface area contributed by atoms with Gasteiger partial charge < -0.3 is 20.2 Å². The van der Waals surface area contributed by atoms with Crippen molar-refractivity contribution in [2.24, 2.45) is 16.8 Å². The highest BCUT2D eigenvalue weighted by molar-refractivity contribution is 6.42. The number of amides is 2. The lowest BCUT2D eigenvalue weighted by Gasteiger charge is -2.29. The normalized spacial score (nSPS) is 21.6. The van der Waals surface area contributed by atoms with Crippen molar-refractivity contribution in [3.05, 3.63) is 64.6 Å². The molecular weight excluding hydrogens is 552 g/mol. The van der Waals surface area contributed by atoms with Gasteiger partial charge in [0.2, 0.25) is 17.6 Å². The summed E-state index contributed by atoms with van der Waals surface area (Å²) in [5.41, 5.74) is 4.07. The molecule has 0 radical (unpaired) electrons. The SMILES string of the molecule is CCN(CC)C1=CC(=NC(=O)C2CCCC2)/C(=C2/C(=O)C(c3ccc(N(CC)CC)cc3NC(=O)C3CCCC3)=C2O)C=C1. The van der Waals surface area contributed by atoms with Crippen LogP contribution in [0.3, 0.4) is 0 Å². The number of hydrogen-bond acceptors (Lipinski definition) is 6. The first kappa shape index (κ1) is 31.5. The third-order valence-electron chi connectivity index (χ3n) is 9.63. The van der Waals surface area contributed by atoms with E-state index < -0.39 is 0 Å². The second kappa shape index (κ2) is 13.8. The zero-order chi connectivity index (χ0) is 31.4. The van der Waals surface area contributed by atoms with Crippen LogP contribution in [0.2, 0.25) is 0 Å². The van der Waals surface area contributed by atoms with Crippen LogP contribution in [0.25, 0.3) is 5.57 Å². The highest BCUT2D eigenvalue weighted by Crippen LogP contribution is 2.43. The topological polar surface area (TPSA) is 102 Å². The van der Waals surface area contributed by atoms with Gasteiger partial charge in [0, 0.05) is 60.5 Å². The van der Waals surface area contributed by atoms with Gasteiger partial charge in [0.1, 0.15) is 5.76 Å². The lowest BCUT2D eigenvalue weighted by atomic mass is 9.78. The van der Waals surface area contributed by atoms with Crippen LogP contribution >= 0.6 is 0 Å². The van der Waals surface area contributed by atoms with Crippen LogP contribution in [0.5, 0.6) is 0 Å². The van der Waals surface area contributed by atoms with Crippen LogP contribution < -0.4 is 10.2 Å². The number of hydrogen-bond donors (Lipinski definition) is 2. The van der Waals surface area contributed by atoms with Gasteiger partial charge in [-0.05, 0) is 89.8 Å². The molecule has 2 N–H and O–H groups in total. The molecule has 8 nitrogen and oxygen atoms in total. The average Bonchev–Trinajstić information content (AvgIpc) is 3.76. The van der Waals surface area contributed by atoms with Crippen molar-refractivity contribution in [3.63, 3.8) is 0 Å². The summed E-state index contributed by atoms with van der Waals surface area (Å²) in [4.78, 5) is 49.2. The minimum atomic E-state index is -0.324. The fourth-order valence-corrected chi connectivity index (χ4v) is 6.96. The van der Waals surface area contributed by atoms with Gasteiger partial charge in [-0.25, -0.2) is 4.99 Å². The predicted octanol–water partition coefficient (Wildman–Crippen LogP) is 6.76. The lowest BCUT2D eigenvalue weighted by molar-refractivity contribution is -0.121. The van der Waals surface area contributed by atoms with Gasteiger partial charge in [-0.15, -0.1) is 0 Å². The molecule has 0 saturated heterocycles. The van der Waals surface area contributed by atoms with Gasteiger partial charge in [0.25, 0.3) is 0 Å². The Balaban J connectivity index is 1.57. The number of likely N-dealkylation sites (N-methyl/N-ethyl adjacent to an activating group) is 1. The summed E-state index contributed by atoms with van der Waals surface area (Å²) in [5.74, 6) is -0.822. The van der Waals surface area contributed by atoms with Crippen molar-refractivity contribution in [3.8, 4) is 0 Å². The van der Waals surface area contributed by atoms with E-state index >= 15 is 0 Å². The second-order valence-electron chi connectivity index (χ2n) is 12.1. The van der Waals surface area contributed by atoms with Crippen LogP contribution in [0.4, 0.5) is 11.4 Å². The summed E-state index contributed by atoms with van der Waals surface area (Å²) >= 11 is 0. The maximum Gasteiger partial charge on any atom is 0.249 e. The highest BCUT2D eigenvalue weighted by atomic mass is 16.3. The number of ketones is 1. The number of carbonyl (C=O) groups is 3. The maximum absolute atomic E-state index is 13.9. The van der Waals surface area contributed by atoms with E-state index in [2.05, 4.69) is 47.8 Å². The van der Waals surface area contributed by atoms with Gasteiger partial charge in [0.15, 0.2) is 0 Å². The van der Waals surface area contributed by atoms with Crippen LogP contribution in [0.1, 0.15) is 84.6 Å². The molecule has 8 heteroatoms. The first-order valence-electron chi connectivity index (χ1n) is 16.5. The largest absolute Gasteiger partial charge is 0.506 e. The van der Waals surface area contributed by atoms with E-state index in [0.29, 0.717) is 22.5 Å². The first-order chi connectivity index (χ1) is 21.3. The molecular formula is C36H46N4O4. The van der Waals surface area contributed by atoms with Crippen LogP contribution in [-0.4, -0.2) is 59.5 Å². The summed E-state index contributed by atoms with van der Waals surface area (Å²) in [6.45, 7) is 11.5. The van der Waals surface area contributed by atoms with Crippen molar-refractivity contribution in [1.82, 2.24) is 4.90 Å². The van der Waals surface area contributed by atoms with E-state index in [1.54, 1.807) is 6.08 Å². The Labute approximate surface area is 261 Å². The number of nitrogens with one attached hydrogen (secondary N) is 1. The number of aliphatic hydroxyl groups is 1. The van der Waals surface area contributed by atoms with Crippen molar-refractivity contribution < 1.29 is 19.5 Å². The molecule has 0 aliphatic heterocycles. The molecule has 5 rings (SSSR count). The molecule has 234 valence electrons. The fourth-order valence-electron chi connectivity index (χ4n) is 6.96. The number of nitrogens with zero attached hydrogens (tertiary/aromatic N) is 3. The Morgan fingerprint density at radius 3 is 2.07 bits per heavy atom. The van der Waals surface area contributed by atoms with Gasteiger partial charge in [-0.2, -0.15) is 0 Å². The average molecular weight is 599 g/mol. The van der Waals surface area contributed by atoms with Gasteiger partial charge >= 0.3 is 0 Å². The van der Waals surface area contributed by atoms with Gasteiger partial charge in [0.05, 0.1) is 22.5 Å². The van der Waals surface area contributed by atoms with E-state index in [1.807, 2.05) is 30.4 Å². The summed E-state index contributed by atoms with van der Waals surface area (Å²) < 4.78 is 0. The molecule has 2 amide bonds. The molecule has 4 aliphatic rings. The number of carbonyl (C=O) groups excluding carboxylic acids is 3. The Kier molecular flexibility index (Phi) is 9.87. The van der Waals surface area contributed by atoms with Crippen LogP contribution in [-0.2, 0) is 14.4 Å². The molecule has 44 heavy (non-hydrogen) atoms. The Bertz CT molecular complexity index is 1460. The van der Waals surface area contributed by atoms with Crippen molar-refractivity contribution in [2.45, 2.75) is 79.1 Å². The highest BCUT2D eigenvalue weighted by Gasteiger charge is 2.40. The van der Waals surface area contributed by atoms with E-state index in [-0.39, 0.29) is 46.3 Å². The summed E-state index contributed by atoms with van der Waals surface area (Å²) in [7, 11) is 0. The number of aliphatic imine (C=N–C) groups is 1. The molecule has 0 aromatic heterocycles. The molecule has 0 bridgehead atoms. The summed E-state index contributed by atoms with van der Waals surface area (Å²) in [6, 6.07) is 5.65. The predicted molar refractivity (Wildman–Crippen MR) is 177 cm³/mol. The zero-order valence-electron chi connectivity index (χ0n) is 26.6. The standard InChI is InChI=1S/C36H46N4O4/c1-5-39(6-2)25-17-19-27(29(21-25)37-35(43)23-13-9-10-14-23)31-33(41)32(34(31)42)28-20-18-26(40(7-3)8-4)22-30(28)38-36(44)24-15-11-12-16-24/h17-24,41H,5-16H2,1-4H3,(H,37,43)/b32-28+,38-30?. The molecule has 1 aromatic carbocycles. The van der Waals surface area contributed by atoms with E-state index in [4.69, 9.17) is 0 Å². The summed E-state index contributed by atoms with van der Waals surface area (Å²) in [5, 5.41) is 14.6. The molecule has 0 heterocycles. The molecule has 4 aliphatic carbocycles. The second-order valence-corrected chi connectivity index (χ2v) is 12.1. The van der Waals surface area contributed by atoms with Crippen molar-refractivity contribution in [1.29, 1.82) is 0 Å². The minimum absolute atomic E-state index is 0.0463. The smallest absolute Gasteiger partial charge is 0.249 e. The molecule has 2 saturated carbocycles. The Hall–Kier alpha value is -3.94. The monoisotopic (exact) mass is 598 g/mol. The first-order valence-corrected chi connectivity index (χ1v) is 16.5. The molecule has 0 atom stereocenters. The van der Waals surface area contributed by atoms with E-state index in [9.17, 15) is 19.5 Å². The van der Waals surface area contributed by atoms with Gasteiger partial charge in [-0.3, -0.25) is 14.4 Å². The van der Waals surface area contributed by atoms with Crippen molar-refractivity contribution >= 4 is 40.3 Å². The Morgan fingerprint density at radius 1 is 0.864 bits per heavy atom. The number of benzene rings is 1. The number of rotatable bonds is 10. The van der Waals surface area contributed by atoms with Crippen LogP contribution in [0, 0.1) is 11.8 Å². The quantitative estimate of drug-likeness (QED) is 0.289. The zero-order valence-corrected chi connectivity index (χ0v) is 26.6. The fraction of sp³-hybridized carbons (Fsp3) is 0.500. The maximum atomic E-state index is 13.9. The molecule has 2 fully saturated rings. The number of aliphatic hydroxyl groups excluding tert-OH is 1. The molecule has 0 spiro atoms. The molecule has 1 aromatic rings. The van der Waals surface area contributed by atoms with Gasteiger partial charge in [-0.1, -0.05) is 25.7 Å². The third-order valence-corrected chi connectivity index (χ3v) is 9.63.